The van der Waals surface area contributed by atoms with Crippen molar-refractivity contribution in [1.82, 2.24) is 9.21 Å². The molecule has 13 heteroatoms. The molecule has 10 nitrogen and oxygen atoms in total. The number of carbonyl (C=O) groups is 1. The van der Waals surface area contributed by atoms with Crippen LogP contribution in [0.25, 0.3) is 0 Å². The Morgan fingerprint density at radius 2 is 1.68 bits per heavy atom. The molecule has 0 radical (unpaired) electrons. The minimum atomic E-state index is -4.11. The first kappa shape index (κ1) is 30.8. The van der Waals surface area contributed by atoms with Gasteiger partial charge in [-0.1, -0.05) is 42.8 Å². The molecule has 0 fully saturated rings. The third-order valence-electron chi connectivity index (χ3n) is 6.95. The van der Waals surface area contributed by atoms with Crippen molar-refractivity contribution >= 4 is 43.2 Å². The first-order valence-electron chi connectivity index (χ1n) is 12.9. The summed E-state index contributed by atoms with van der Waals surface area (Å²) in [5, 5.41) is 10.3. The van der Waals surface area contributed by atoms with E-state index in [1.54, 1.807) is 25.1 Å². The number of halogens is 1. The maximum atomic E-state index is 13.7. The predicted octanol–water partition coefficient (Wildman–Crippen LogP) is 3.68. The normalized spacial score (nSPS) is 18.7. The summed E-state index contributed by atoms with van der Waals surface area (Å²) in [5.41, 5.74) is 0.0853. The lowest BCUT2D eigenvalue weighted by atomic mass is 9.99. The van der Waals surface area contributed by atoms with Gasteiger partial charge < -0.3 is 14.7 Å². The predicted molar refractivity (Wildman–Crippen MR) is 156 cm³/mol. The van der Waals surface area contributed by atoms with Crippen LogP contribution in [0.1, 0.15) is 24.2 Å². The SMILES string of the molecule is C[C@H](CO)N1C[C@H](C)[C@H](CN(C)S(=O)(=O)c2ccccc2)Oc2c(NS(=O)(=O)c3ccc(Cl)cc3)cccc2C1=O. The van der Waals surface area contributed by atoms with Crippen molar-refractivity contribution in [1.29, 1.82) is 0 Å². The lowest BCUT2D eigenvalue weighted by Crippen LogP contribution is -2.50. The van der Waals surface area contributed by atoms with Gasteiger partial charge in [-0.15, -0.1) is 0 Å². The van der Waals surface area contributed by atoms with E-state index in [0.717, 1.165) is 0 Å². The van der Waals surface area contributed by atoms with Gasteiger partial charge in [0, 0.05) is 24.5 Å². The number of para-hydroxylation sites is 1. The fraction of sp³-hybridized carbons (Fsp3) is 0.321. The van der Waals surface area contributed by atoms with Crippen LogP contribution in [0.5, 0.6) is 5.75 Å². The van der Waals surface area contributed by atoms with Gasteiger partial charge >= 0.3 is 0 Å². The second kappa shape index (κ2) is 12.4. The fourth-order valence-electron chi connectivity index (χ4n) is 4.48. The van der Waals surface area contributed by atoms with Crippen LogP contribution in [-0.2, 0) is 20.0 Å². The van der Waals surface area contributed by atoms with E-state index in [1.165, 1.54) is 70.9 Å². The first-order chi connectivity index (χ1) is 19.3. The Labute approximate surface area is 245 Å². The number of benzene rings is 3. The summed E-state index contributed by atoms with van der Waals surface area (Å²) in [5.74, 6) is -0.896. The Hall–Kier alpha value is -3.16. The summed E-state index contributed by atoms with van der Waals surface area (Å²) in [6, 6.07) is 17.5. The number of ether oxygens (including phenoxy) is 1. The molecule has 1 aliphatic rings. The zero-order valence-electron chi connectivity index (χ0n) is 22.8. The lowest BCUT2D eigenvalue weighted by molar-refractivity contribution is 0.0389. The van der Waals surface area contributed by atoms with E-state index in [1.807, 2.05) is 6.92 Å². The number of aliphatic hydroxyl groups is 1. The summed E-state index contributed by atoms with van der Waals surface area (Å²) in [6.45, 7) is 3.28. The zero-order valence-corrected chi connectivity index (χ0v) is 25.2. The smallest absolute Gasteiger partial charge is 0.262 e. The Morgan fingerprint density at radius 1 is 1.02 bits per heavy atom. The minimum Gasteiger partial charge on any atom is -0.486 e. The molecule has 0 aromatic heterocycles. The first-order valence-corrected chi connectivity index (χ1v) is 16.2. The van der Waals surface area contributed by atoms with Gasteiger partial charge in [-0.3, -0.25) is 9.52 Å². The highest BCUT2D eigenvalue weighted by Gasteiger charge is 2.36. The van der Waals surface area contributed by atoms with E-state index in [9.17, 15) is 26.7 Å². The molecule has 0 saturated heterocycles. The second-order valence-corrected chi connectivity index (χ2v) is 14.1. The van der Waals surface area contributed by atoms with Crippen LogP contribution >= 0.6 is 11.6 Å². The second-order valence-electron chi connectivity index (χ2n) is 9.96. The average Bonchev–Trinajstić information content (AvgIpc) is 2.95. The molecular formula is C28H32ClN3O7S2. The van der Waals surface area contributed by atoms with E-state index in [0.29, 0.717) is 5.02 Å². The van der Waals surface area contributed by atoms with Gasteiger partial charge in [0.05, 0.1) is 40.2 Å². The van der Waals surface area contributed by atoms with Gasteiger partial charge in [0.15, 0.2) is 5.75 Å². The molecule has 0 unspecified atom stereocenters. The molecule has 2 N–H and O–H groups in total. The molecule has 0 bridgehead atoms. The van der Waals surface area contributed by atoms with Crippen molar-refractivity contribution in [3.8, 4) is 5.75 Å². The fourth-order valence-corrected chi connectivity index (χ4v) is 6.88. The number of likely N-dealkylation sites (N-methyl/N-ethyl adjacent to an activating group) is 1. The number of hydrogen-bond acceptors (Lipinski definition) is 7. The van der Waals surface area contributed by atoms with Crippen LogP contribution in [0.4, 0.5) is 5.69 Å². The molecule has 0 spiro atoms. The highest BCUT2D eigenvalue weighted by Crippen LogP contribution is 2.36. The Kier molecular flexibility index (Phi) is 9.29. The summed E-state index contributed by atoms with van der Waals surface area (Å²) < 4.78 is 63.1. The number of amides is 1. The zero-order chi connectivity index (χ0) is 29.9. The van der Waals surface area contributed by atoms with Crippen LogP contribution in [-0.4, -0.2) is 75.9 Å². The number of hydrogen-bond donors (Lipinski definition) is 2. The number of aliphatic hydroxyl groups excluding tert-OH is 1. The maximum Gasteiger partial charge on any atom is 0.262 e. The maximum absolute atomic E-state index is 13.7. The summed E-state index contributed by atoms with van der Waals surface area (Å²) in [6.07, 6.45) is -0.792. The quantitative estimate of drug-likeness (QED) is 0.372. The van der Waals surface area contributed by atoms with Gasteiger partial charge in [-0.25, -0.2) is 16.8 Å². The third kappa shape index (κ3) is 6.68. The Morgan fingerprint density at radius 3 is 2.32 bits per heavy atom. The van der Waals surface area contributed by atoms with E-state index in [-0.39, 0.29) is 46.5 Å². The average molecular weight is 622 g/mol. The van der Waals surface area contributed by atoms with Crippen LogP contribution in [0.15, 0.2) is 82.6 Å². The van der Waals surface area contributed by atoms with Crippen LogP contribution in [0.2, 0.25) is 5.02 Å². The molecule has 1 amide bonds. The summed E-state index contributed by atoms with van der Waals surface area (Å²) in [7, 11) is -6.55. The number of rotatable bonds is 9. The molecule has 1 aliphatic heterocycles. The van der Waals surface area contributed by atoms with Crippen LogP contribution < -0.4 is 9.46 Å². The number of fused-ring (bicyclic) bond motifs is 1. The van der Waals surface area contributed by atoms with Gasteiger partial charge in [0.2, 0.25) is 10.0 Å². The van der Waals surface area contributed by atoms with Crippen molar-refractivity contribution < 1.29 is 31.5 Å². The molecule has 1 heterocycles. The number of sulfonamides is 2. The highest BCUT2D eigenvalue weighted by atomic mass is 35.5. The molecule has 41 heavy (non-hydrogen) atoms. The summed E-state index contributed by atoms with van der Waals surface area (Å²) in [4.78, 5) is 15.2. The molecule has 3 atom stereocenters. The van der Waals surface area contributed by atoms with E-state index < -0.39 is 44.0 Å². The topological polar surface area (TPSA) is 133 Å². The monoisotopic (exact) mass is 621 g/mol. The highest BCUT2D eigenvalue weighted by molar-refractivity contribution is 7.92. The molecule has 220 valence electrons. The molecule has 4 rings (SSSR count). The van der Waals surface area contributed by atoms with Crippen molar-refractivity contribution in [3.63, 3.8) is 0 Å². The molecule has 0 saturated carbocycles. The van der Waals surface area contributed by atoms with Gasteiger partial charge in [0.1, 0.15) is 6.10 Å². The Bertz CT molecular complexity index is 1600. The largest absolute Gasteiger partial charge is 0.486 e. The van der Waals surface area contributed by atoms with E-state index >= 15 is 0 Å². The lowest BCUT2D eigenvalue weighted by Gasteiger charge is -2.38. The van der Waals surface area contributed by atoms with Crippen molar-refractivity contribution in [2.45, 2.75) is 35.8 Å². The third-order valence-corrected chi connectivity index (χ3v) is 10.4. The molecular weight excluding hydrogens is 590 g/mol. The van der Waals surface area contributed by atoms with Crippen molar-refractivity contribution in [2.24, 2.45) is 5.92 Å². The van der Waals surface area contributed by atoms with Crippen molar-refractivity contribution in [3.05, 3.63) is 83.4 Å². The summed E-state index contributed by atoms with van der Waals surface area (Å²) >= 11 is 5.92. The molecule has 3 aromatic carbocycles. The van der Waals surface area contributed by atoms with Gasteiger partial charge in [0.25, 0.3) is 15.9 Å². The van der Waals surface area contributed by atoms with Crippen LogP contribution in [0, 0.1) is 5.92 Å². The standard InChI is InChI=1S/C28H32ClN3O7S2/c1-19-16-32(20(2)18-33)28(34)24-10-7-11-25(30-40(35,36)22-14-12-21(29)13-15-22)27(24)39-26(19)17-31(3)41(37,38)23-8-5-4-6-9-23/h4-15,19-20,26,30,33H,16-18H2,1-3H3/t19-,20+,26-/m0/s1. The minimum absolute atomic E-state index is 0.00933. The van der Waals surface area contributed by atoms with Crippen LogP contribution in [0.3, 0.4) is 0 Å². The van der Waals surface area contributed by atoms with Crippen molar-refractivity contribution in [2.75, 3.05) is 31.5 Å². The number of anilines is 1. The van der Waals surface area contributed by atoms with Gasteiger partial charge in [-0.2, -0.15) is 4.31 Å². The molecule has 3 aromatic rings. The number of nitrogens with zero attached hydrogens (tertiary/aromatic N) is 2. The number of carbonyl (C=O) groups excluding carboxylic acids is 1. The van der Waals surface area contributed by atoms with E-state index in [2.05, 4.69) is 4.72 Å². The molecule has 0 aliphatic carbocycles. The van der Waals surface area contributed by atoms with E-state index in [4.69, 9.17) is 16.3 Å². The Balaban J connectivity index is 1.76. The van der Waals surface area contributed by atoms with Gasteiger partial charge in [-0.05, 0) is 55.5 Å². The number of nitrogens with one attached hydrogen (secondary N) is 1.